The number of rotatable bonds is 7. The summed E-state index contributed by atoms with van der Waals surface area (Å²) in [5.41, 5.74) is 0.959. The van der Waals surface area contributed by atoms with Gasteiger partial charge in [0.1, 0.15) is 6.04 Å². The third kappa shape index (κ3) is 7.32. The van der Waals surface area contributed by atoms with Crippen molar-refractivity contribution in [1.82, 2.24) is 34.6 Å². The van der Waals surface area contributed by atoms with E-state index in [1.807, 2.05) is 24.3 Å². The molecule has 0 radical (unpaired) electrons. The first-order valence-corrected chi connectivity index (χ1v) is 18.5. The van der Waals surface area contributed by atoms with E-state index in [1.54, 1.807) is 20.6 Å². The molecule has 3 aliphatic rings. The quantitative estimate of drug-likeness (QED) is 0.213. The predicted molar refractivity (Wildman–Crippen MR) is 195 cm³/mol. The molecule has 3 saturated heterocycles. The van der Waals surface area contributed by atoms with Crippen LogP contribution in [0.25, 0.3) is 21.9 Å². The monoisotopic (exact) mass is 740 g/mol. The highest BCUT2D eigenvalue weighted by atomic mass is 35.5. The van der Waals surface area contributed by atoms with Crippen LogP contribution in [0.15, 0.2) is 47.4 Å². The Bertz CT molecular complexity index is 1990. The molecule has 11 nitrogen and oxygen atoms in total. The zero-order chi connectivity index (χ0) is 36.6. The summed E-state index contributed by atoms with van der Waals surface area (Å²) in [6, 6.07) is 8.63. The first kappa shape index (κ1) is 36.1. The van der Waals surface area contributed by atoms with Crippen molar-refractivity contribution in [2.45, 2.75) is 75.7 Å². The number of halogens is 4. The number of urea groups is 1. The molecule has 5 heterocycles. The first-order valence-electron chi connectivity index (χ1n) is 18.2. The van der Waals surface area contributed by atoms with Crippen molar-refractivity contribution < 1.29 is 22.8 Å². The number of aromatic amines is 1. The molecule has 0 unspecified atom stereocenters. The van der Waals surface area contributed by atoms with E-state index in [0.29, 0.717) is 56.1 Å². The standard InChI is InChI=1S/C37H44ClF3N8O3/c1-42-33-27(37(39,40)41)19-23(20-28(33)38)21-30(34(50)47-15-9-24(10-16-47)46-13-5-2-6-14-46)44-35(51)48-17-11-25(12-18-48)49-31-22-43-29-8-4-3-7-26(29)32(31)45-36(49)52/h3-4,7-8,19-20,22,24-25,30,42H,2,5-6,9-18,21H2,1H3,(H,44,51)(H,45,52)/t30-/m1/s1. The Morgan fingerprint density at radius 1 is 0.962 bits per heavy atom. The number of amides is 3. The number of aromatic nitrogens is 3. The van der Waals surface area contributed by atoms with Crippen LogP contribution in [0.5, 0.6) is 0 Å². The molecule has 0 saturated carbocycles. The summed E-state index contributed by atoms with van der Waals surface area (Å²) < 4.78 is 43.9. The molecule has 7 rings (SSSR count). The molecule has 3 fully saturated rings. The minimum absolute atomic E-state index is 0.120. The van der Waals surface area contributed by atoms with Crippen molar-refractivity contribution in [2.75, 3.05) is 51.6 Å². The van der Waals surface area contributed by atoms with Crippen LogP contribution in [-0.2, 0) is 17.4 Å². The van der Waals surface area contributed by atoms with Crippen LogP contribution < -0.4 is 16.3 Å². The average molecular weight is 741 g/mol. The van der Waals surface area contributed by atoms with Gasteiger partial charge in [-0.05, 0) is 75.4 Å². The molecule has 3 aliphatic heterocycles. The summed E-state index contributed by atoms with van der Waals surface area (Å²) in [5, 5.41) is 6.15. The molecule has 0 spiro atoms. The third-order valence-electron chi connectivity index (χ3n) is 11.0. The fourth-order valence-corrected chi connectivity index (χ4v) is 8.64. The fraction of sp³-hybridized carbons (Fsp3) is 0.514. The summed E-state index contributed by atoms with van der Waals surface area (Å²) in [4.78, 5) is 54.4. The number of benzene rings is 2. The normalized spacial score (nSPS) is 18.9. The number of carbonyl (C=O) groups excluding carboxylic acids is 2. The lowest BCUT2D eigenvalue weighted by atomic mass is 9.97. The molecule has 0 bridgehead atoms. The van der Waals surface area contributed by atoms with Gasteiger partial charge in [0.15, 0.2) is 0 Å². The number of carbonyl (C=O) groups is 2. The molecule has 2 aromatic carbocycles. The van der Waals surface area contributed by atoms with Gasteiger partial charge >= 0.3 is 17.9 Å². The minimum Gasteiger partial charge on any atom is -0.386 e. The predicted octanol–water partition coefficient (Wildman–Crippen LogP) is 6.03. The van der Waals surface area contributed by atoms with Crippen LogP contribution in [0.1, 0.15) is 62.1 Å². The largest absolute Gasteiger partial charge is 0.418 e. The highest BCUT2D eigenvalue weighted by Crippen LogP contribution is 2.40. The molecule has 1 atom stereocenters. The van der Waals surface area contributed by atoms with Gasteiger partial charge in [-0.25, -0.2) is 9.59 Å². The van der Waals surface area contributed by atoms with Gasteiger partial charge in [0.2, 0.25) is 5.91 Å². The Labute approximate surface area is 304 Å². The van der Waals surface area contributed by atoms with Gasteiger partial charge in [-0.15, -0.1) is 0 Å². The second-order valence-electron chi connectivity index (χ2n) is 14.2. The zero-order valence-corrected chi connectivity index (χ0v) is 29.9. The zero-order valence-electron chi connectivity index (χ0n) is 29.1. The number of nitrogens with zero attached hydrogens (tertiary/aromatic N) is 5. The molecule has 52 heavy (non-hydrogen) atoms. The van der Waals surface area contributed by atoms with Crippen molar-refractivity contribution in [1.29, 1.82) is 0 Å². The van der Waals surface area contributed by atoms with Crippen molar-refractivity contribution in [3.8, 4) is 0 Å². The van der Waals surface area contributed by atoms with Gasteiger partial charge in [0.25, 0.3) is 0 Å². The van der Waals surface area contributed by atoms with Crippen molar-refractivity contribution in [3.63, 3.8) is 0 Å². The summed E-state index contributed by atoms with van der Waals surface area (Å²) >= 11 is 6.31. The SMILES string of the molecule is CNc1c(Cl)cc(C[C@@H](NC(=O)N2CCC(n3c(=O)[nH]c4c5ccccc5ncc43)CC2)C(=O)N2CCC(N3CCCCC3)CC2)cc1C(F)(F)F. The van der Waals surface area contributed by atoms with E-state index in [4.69, 9.17) is 11.6 Å². The van der Waals surface area contributed by atoms with Crippen molar-refractivity contribution in [3.05, 3.63) is 69.2 Å². The van der Waals surface area contributed by atoms with Gasteiger partial charge in [0, 0.05) is 57.1 Å². The first-order chi connectivity index (χ1) is 25.0. The molecule has 2 aromatic heterocycles. The number of fused-ring (bicyclic) bond motifs is 3. The average Bonchev–Trinajstić information content (AvgIpc) is 3.50. The molecule has 278 valence electrons. The van der Waals surface area contributed by atoms with Gasteiger partial charge in [-0.2, -0.15) is 13.2 Å². The highest BCUT2D eigenvalue weighted by Gasteiger charge is 2.37. The van der Waals surface area contributed by atoms with Gasteiger partial charge in [-0.1, -0.05) is 36.2 Å². The number of imidazole rings is 1. The number of hydrogen-bond donors (Lipinski definition) is 3. The number of pyridine rings is 1. The second-order valence-corrected chi connectivity index (χ2v) is 14.6. The van der Waals surface area contributed by atoms with E-state index in [1.165, 1.54) is 32.4 Å². The highest BCUT2D eigenvalue weighted by molar-refractivity contribution is 6.33. The molecule has 4 aromatic rings. The number of hydrogen-bond acceptors (Lipinski definition) is 6. The summed E-state index contributed by atoms with van der Waals surface area (Å²) in [6.07, 6.45) is 3.02. The van der Waals surface area contributed by atoms with Crippen LogP contribution in [0.2, 0.25) is 5.02 Å². The molecule has 0 aliphatic carbocycles. The van der Waals surface area contributed by atoms with Gasteiger partial charge < -0.3 is 30.3 Å². The summed E-state index contributed by atoms with van der Waals surface area (Å²) in [5.74, 6) is -0.326. The minimum atomic E-state index is -4.68. The number of para-hydroxylation sites is 1. The molecular weight excluding hydrogens is 697 g/mol. The van der Waals surface area contributed by atoms with Crippen molar-refractivity contribution >= 4 is 51.2 Å². The Kier molecular flexibility index (Phi) is 10.4. The second kappa shape index (κ2) is 15.0. The van der Waals surface area contributed by atoms with E-state index in [-0.39, 0.29) is 40.3 Å². The lowest BCUT2D eigenvalue weighted by molar-refractivity contribution is -0.137. The van der Waals surface area contributed by atoms with E-state index in [9.17, 15) is 27.6 Å². The van der Waals surface area contributed by atoms with Crippen LogP contribution in [0.3, 0.4) is 0 Å². The van der Waals surface area contributed by atoms with E-state index in [0.717, 1.165) is 42.9 Å². The van der Waals surface area contributed by atoms with Crippen LogP contribution in [0.4, 0.5) is 23.7 Å². The summed E-state index contributed by atoms with van der Waals surface area (Å²) in [6.45, 7) is 3.77. The maximum Gasteiger partial charge on any atom is 0.418 e. The number of anilines is 1. The Morgan fingerprint density at radius 2 is 1.63 bits per heavy atom. The lowest BCUT2D eigenvalue weighted by Crippen LogP contribution is -2.56. The Morgan fingerprint density at radius 3 is 2.33 bits per heavy atom. The molecule has 3 amide bonds. The van der Waals surface area contributed by atoms with Crippen LogP contribution in [-0.4, -0.2) is 99.6 Å². The van der Waals surface area contributed by atoms with Crippen LogP contribution >= 0.6 is 11.6 Å². The molecular formula is C37H44ClF3N8O3. The number of piperidine rings is 3. The molecule has 15 heteroatoms. The van der Waals surface area contributed by atoms with E-state index < -0.39 is 23.8 Å². The van der Waals surface area contributed by atoms with Gasteiger partial charge in [-0.3, -0.25) is 14.3 Å². The van der Waals surface area contributed by atoms with Crippen LogP contribution in [0, 0.1) is 0 Å². The fourth-order valence-electron chi connectivity index (χ4n) is 8.30. The van der Waals surface area contributed by atoms with Crippen molar-refractivity contribution in [2.24, 2.45) is 0 Å². The molecule has 3 N–H and O–H groups in total. The Balaban J connectivity index is 1.07. The van der Waals surface area contributed by atoms with E-state index >= 15 is 0 Å². The summed E-state index contributed by atoms with van der Waals surface area (Å²) in [7, 11) is 1.37. The maximum absolute atomic E-state index is 14.1. The topological polar surface area (TPSA) is 119 Å². The maximum atomic E-state index is 14.1. The number of likely N-dealkylation sites (tertiary alicyclic amines) is 3. The number of alkyl halides is 3. The number of H-pyrrole nitrogens is 1. The lowest BCUT2D eigenvalue weighted by Gasteiger charge is -2.41. The number of nitrogens with one attached hydrogen (secondary N) is 3. The van der Waals surface area contributed by atoms with Gasteiger partial charge in [0.05, 0.1) is 39.0 Å². The Hall–Kier alpha value is -4.30. The smallest absolute Gasteiger partial charge is 0.386 e. The third-order valence-corrected chi connectivity index (χ3v) is 11.3. The van der Waals surface area contributed by atoms with E-state index in [2.05, 4.69) is 25.5 Å².